The van der Waals surface area contributed by atoms with E-state index in [0.29, 0.717) is 11.9 Å². The lowest BCUT2D eigenvalue weighted by Crippen LogP contribution is -2.07. The van der Waals surface area contributed by atoms with E-state index >= 15 is 0 Å². The number of alkyl halides is 1. The molecule has 0 rings (SSSR count). The largest absolute Gasteiger partial charge is 0.341 e. The SMILES string of the molecule is CCC[Si](Cl)(Cl)Cl.ClCCC[Si](Cl)(Cl)Cl. The first kappa shape index (κ1) is 19.8. The molecule has 15 heavy (non-hydrogen) atoms. The molecule has 0 unspecified atom stereocenters. The fraction of sp³-hybridized carbons (Fsp3) is 1.00. The minimum atomic E-state index is -2.35. The van der Waals surface area contributed by atoms with Gasteiger partial charge < -0.3 is 0 Å². The van der Waals surface area contributed by atoms with Crippen LogP contribution in [0.4, 0.5) is 0 Å². The van der Waals surface area contributed by atoms with Gasteiger partial charge in [0.15, 0.2) is 0 Å². The van der Waals surface area contributed by atoms with E-state index in [9.17, 15) is 0 Å². The van der Waals surface area contributed by atoms with Gasteiger partial charge in [0.25, 0.3) is 0 Å². The summed E-state index contributed by atoms with van der Waals surface area (Å²) in [5.74, 6) is 0.584. The van der Waals surface area contributed by atoms with Gasteiger partial charge in [0, 0.05) is 5.88 Å². The molecule has 0 spiro atoms. The maximum absolute atomic E-state index is 5.52. The number of halogens is 7. The van der Waals surface area contributed by atoms with E-state index in [1.54, 1.807) is 0 Å². The highest BCUT2D eigenvalue weighted by Gasteiger charge is 2.23. The second kappa shape index (κ2) is 10.4. The zero-order valence-electron chi connectivity index (χ0n) is 8.18. The normalized spacial score (nSPS) is 12.0. The summed E-state index contributed by atoms with van der Waals surface area (Å²) < 4.78 is 0. The smallest absolute Gasteiger partial charge is 0.127 e. The molecular formula is C6H13Cl7Si2. The minimum Gasteiger partial charge on any atom is -0.127 e. The molecule has 0 atom stereocenters. The van der Waals surface area contributed by atoms with Crippen LogP contribution in [-0.4, -0.2) is 17.9 Å². The third kappa shape index (κ3) is 26.2. The molecule has 0 aromatic heterocycles. The molecule has 94 valence electrons. The van der Waals surface area contributed by atoms with Crippen molar-refractivity contribution in [2.75, 3.05) is 5.88 Å². The molecule has 0 amide bonds. The van der Waals surface area contributed by atoms with Crippen molar-refractivity contribution < 1.29 is 0 Å². The Bertz CT molecular complexity index is 141. The van der Waals surface area contributed by atoms with Crippen LogP contribution in [0.15, 0.2) is 0 Å². The van der Waals surface area contributed by atoms with Crippen molar-refractivity contribution in [2.45, 2.75) is 31.9 Å². The third-order valence-corrected chi connectivity index (χ3v) is 6.78. The van der Waals surface area contributed by atoms with Gasteiger partial charge in [-0.15, -0.1) is 78.1 Å². The number of rotatable bonds is 5. The van der Waals surface area contributed by atoms with Crippen LogP contribution < -0.4 is 0 Å². The van der Waals surface area contributed by atoms with Gasteiger partial charge in [-0.3, -0.25) is 0 Å². The zero-order valence-corrected chi connectivity index (χ0v) is 15.5. The summed E-state index contributed by atoms with van der Waals surface area (Å²) in [5, 5.41) is 0. The highest BCUT2D eigenvalue weighted by molar-refractivity contribution is 7.65. The van der Waals surface area contributed by atoms with Gasteiger partial charge in [-0.2, -0.15) is 0 Å². The molecule has 0 aliphatic carbocycles. The first-order chi connectivity index (χ1) is 6.62. The van der Waals surface area contributed by atoms with E-state index in [1.165, 1.54) is 0 Å². The fourth-order valence-corrected chi connectivity index (χ4v) is 4.96. The molecule has 0 aliphatic heterocycles. The molecule has 0 radical (unpaired) electrons. The number of hydrogen-bond acceptors (Lipinski definition) is 0. The summed E-state index contributed by atoms with van der Waals surface area (Å²) in [6.45, 7) is 2.01. The van der Waals surface area contributed by atoms with Gasteiger partial charge >= 0.3 is 12.0 Å². The topological polar surface area (TPSA) is 0 Å². The first-order valence-corrected chi connectivity index (χ1v) is 15.3. The van der Waals surface area contributed by atoms with Crippen molar-refractivity contribution in [3.8, 4) is 0 Å². The second-order valence-electron chi connectivity index (χ2n) is 2.77. The van der Waals surface area contributed by atoms with Gasteiger partial charge in [0.2, 0.25) is 0 Å². The molecule has 0 aliphatic rings. The maximum atomic E-state index is 5.52. The fourth-order valence-electron chi connectivity index (χ4n) is 0.551. The van der Waals surface area contributed by atoms with E-state index in [1.807, 2.05) is 6.92 Å². The van der Waals surface area contributed by atoms with Crippen LogP contribution in [0.3, 0.4) is 0 Å². The van der Waals surface area contributed by atoms with Crippen LogP contribution in [0.1, 0.15) is 19.8 Å². The van der Waals surface area contributed by atoms with E-state index in [-0.39, 0.29) is 0 Å². The predicted molar refractivity (Wildman–Crippen MR) is 81.9 cm³/mol. The van der Waals surface area contributed by atoms with Gasteiger partial charge in [-0.25, -0.2) is 0 Å². The predicted octanol–water partition coefficient (Wildman–Crippen LogP) is 6.32. The standard InChI is InChI=1S/C3H6Cl4Si.C3H7Cl3Si/c4-2-1-3-8(5,6)7;1-2-3-7(4,5)6/h1-3H2;2-3H2,1H3. The van der Waals surface area contributed by atoms with Gasteiger partial charge in [-0.05, 0) is 18.5 Å². The van der Waals surface area contributed by atoms with E-state index in [4.69, 9.17) is 78.1 Å². The lowest BCUT2D eigenvalue weighted by molar-refractivity contribution is 1.07. The quantitative estimate of drug-likeness (QED) is 0.293. The van der Waals surface area contributed by atoms with Gasteiger partial charge in [0.05, 0.1) is 0 Å². The van der Waals surface area contributed by atoms with Crippen LogP contribution in [0.5, 0.6) is 0 Å². The number of hydrogen-bond donors (Lipinski definition) is 0. The summed E-state index contributed by atoms with van der Waals surface area (Å²) in [5.41, 5.74) is 0. The van der Waals surface area contributed by atoms with E-state index < -0.39 is 12.0 Å². The average Bonchev–Trinajstić information content (AvgIpc) is 1.98. The average molecular weight is 390 g/mol. The molecule has 0 fully saturated rings. The molecule has 0 heterocycles. The third-order valence-electron chi connectivity index (χ3n) is 1.13. The van der Waals surface area contributed by atoms with Gasteiger partial charge in [0.1, 0.15) is 0 Å². The Morgan fingerprint density at radius 1 is 0.800 bits per heavy atom. The van der Waals surface area contributed by atoms with Crippen molar-refractivity contribution in [1.29, 1.82) is 0 Å². The molecule has 0 nitrogen and oxygen atoms in total. The van der Waals surface area contributed by atoms with Crippen molar-refractivity contribution in [3.05, 3.63) is 0 Å². The monoisotopic (exact) mass is 386 g/mol. The highest BCUT2D eigenvalue weighted by Crippen LogP contribution is 2.26. The van der Waals surface area contributed by atoms with Crippen LogP contribution in [-0.2, 0) is 0 Å². The summed E-state index contributed by atoms with van der Waals surface area (Å²) >= 11 is 38.4. The Labute approximate surface area is 127 Å². The molecule has 0 saturated heterocycles. The van der Waals surface area contributed by atoms with Crippen molar-refractivity contribution in [3.63, 3.8) is 0 Å². The molecule has 0 bridgehead atoms. The Balaban J connectivity index is 0. The molecule has 9 heteroatoms. The van der Waals surface area contributed by atoms with Gasteiger partial charge in [-0.1, -0.05) is 13.3 Å². The van der Waals surface area contributed by atoms with Crippen molar-refractivity contribution in [1.82, 2.24) is 0 Å². The Hall–Kier alpha value is 2.46. The Morgan fingerprint density at radius 3 is 1.27 bits per heavy atom. The van der Waals surface area contributed by atoms with E-state index in [2.05, 4.69) is 0 Å². The second-order valence-corrected chi connectivity index (χ2v) is 21.7. The first-order valence-electron chi connectivity index (χ1n) is 4.32. The van der Waals surface area contributed by atoms with Crippen LogP contribution in [0.25, 0.3) is 0 Å². The van der Waals surface area contributed by atoms with Crippen LogP contribution >= 0.6 is 78.1 Å². The van der Waals surface area contributed by atoms with Crippen molar-refractivity contribution >= 4 is 90.1 Å². The zero-order chi connectivity index (χ0) is 12.5. The van der Waals surface area contributed by atoms with Crippen LogP contribution in [0, 0.1) is 0 Å². The summed E-state index contributed by atoms with van der Waals surface area (Å²) in [4.78, 5) is 0. The van der Waals surface area contributed by atoms with E-state index in [0.717, 1.165) is 18.9 Å². The lowest BCUT2D eigenvalue weighted by atomic mass is 10.6. The maximum Gasteiger partial charge on any atom is 0.341 e. The lowest BCUT2D eigenvalue weighted by Gasteiger charge is -2.03. The molecular weight excluding hydrogens is 376 g/mol. The molecule has 0 aromatic carbocycles. The molecule has 0 N–H and O–H groups in total. The van der Waals surface area contributed by atoms with Crippen LogP contribution in [0.2, 0.25) is 12.1 Å². The summed E-state index contributed by atoms with van der Waals surface area (Å²) in [6, 6.07) is -3.14. The summed E-state index contributed by atoms with van der Waals surface area (Å²) in [6.07, 6.45) is 1.78. The minimum absolute atomic E-state index is 0.584. The Kier molecular flexibility index (Phi) is 13.7. The molecule has 0 saturated carbocycles. The summed E-state index contributed by atoms with van der Waals surface area (Å²) in [7, 11) is 0. The Morgan fingerprint density at radius 2 is 1.20 bits per heavy atom. The highest BCUT2D eigenvalue weighted by atomic mass is 35.8. The van der Waals surface area contributed by atoms with Crippen molar-refractivity contribution in [2.24, 2.45) is 0 Å². The molecule has 0 aromatic rings.